The lowest BCUT2D eigenvalue weighted by atomic mass is 9.99. The molecule has 0 N–H and O–H groups in total. The van der Waals surface area contributed by atoms with Crippen molar-refractivity contribution in [2.45, 2.75) is 45.1 Å². The molecule has 3 heterocycles. The van der Waals surface area contributed by atoms with Crippen LogP contribution in [0.4, 0.5) is 13.9 Å². The van der Waals surface area contributed by atoms with E-state index in [-0.39, 0.29) is 18.5 Å². The average molecular weight is 639 g/mol. The van der Waals surface area contributed by atoms with Crippen LogP contribution < -0.4 is 4.90 Å². The first-order valence-corrected chi connectivity index (χ1v) is 15.1. The molecule has 6 rings (SSSR count). The second-order valence-corrected chi connectivity index (χ2v) is 12.9. The second-order valence-electron chi connectivity index (χ2n) is 11.1. The van der Waals surface area contributed by atoms with Crippen LogP contribution in [0, 0.1) is 17.7 Å². The van der Waals surface area contributed by atoms with Gasteiger partial charge >= 0.3 is 0 Å². The van der Waals surface area contributed by atoms with Gasteiger partial charge in [-0.25, -0.2) is 13.8 Å². The Morgan fingerprint density at radius 3 is 2.40 bits per heavy atom. The van der Waals surface area contributed by atoms with E-state index in [1.165, 1.54) is 31.3 Å². The van der Waals surface area contributed by atoms with E-state index >= 15 is 4.39 Å². The Morgan fingerprint density at radius 2 is 1.81 bits per heavy atom. The van der Waals surface area contributed by atoms with E-state index in [4.69, 9.17) is 32.5 Å². The van der Waals surface area contributed by atoms with Crippen molar-refractivity contribution in [3.8, 4) is 11.3 Å². The molecule has 1 saturated carbocycles. The number of aromatic nitrogens is 2. The summed E-state index contributed by atoms with van der Waals surface area (Å²) in [6, 6.07) is 8.03. The number of methoxy groups -OCH3 is 1. The lowest BCUT2D eigenvalue weighted by Gasteiger charge is -2.19. The summed E-state index contributed by atoms with van der Waals surface area (Å²) in [6.07, 6.45) is 2.32. The number of hydrogen-bond donors (Lipinski definition) is 0. The van der Waals surface area contributed by atoms with Gasteiger partial charge in [-0.05, 0) is 62.8 Å². The summed E-state index contributed by atoms with van der Waals surface area (Å²) >= 11 is 14.2. The second kappa shape index (κ2) is 12.5. The number of anilines is 1. The number of benzene rings is 2. The number of ether oxygens (including phenoxy) is 2. The number of thiazole rings is 1. The van der Waals surface area contributed by atoms with E-state index in [0.717, 1.165) is 31.1 Å². The molecule has 2 fully saturated rings. The predicted octanol–water partition coefficient (Wildman–Crippen LogP) is 8.11. The summed E-state index contributed by atoms with van der Waals surface area (Å²) in [7, 11) is 3.25. The minimum atomic E-state index is -1.77. The molecule has 1 saturated heterocycles. The fourth-order valence-electron chi connectivity index (χ4n) is 5.77. The topological polar surface area (TPSA) is 77.7 Å². The standard InChI is InChI=1S/C28H25Cl2F2N3O3S.C2H6O/c1-28(2,32)26-18(24(34-38-26)23-19(29)4-3-5-20(23)30)13-37-17-8-15-10-35(11-16(15)9-17)27-33-25-21(31)6-14(12-36)7-22(25)39-27;1-3-2/h3-7,12,15-17H,8-11,13H2,1-2H3;1-2H3/t15-,16+,17?;. The minimum Gasteiger partial charge on any atom is -0.388 e. The lowest BCUT2D eigenvalue weighted by Crippen LogP contribution is -2.23. The van der Waals surface area contributed by atoms with Gasteiger partial charge in [-0.15, -0.1) is 0 Å². The zero-order valence-corrected chi connectivity index (χ0v) is 26.0. The highest BCUT2D eigenvalue weighted by Crippen LogP contribution is 2.45. The normalized spacial score (nSPS) is 20.1. The number of alkyl halides is 1. The van der Waals surface area contributed by atoms with Crippen LogP contribution in [0.3, 0.4) is 0 Å². The molecule has 224 valence electrons. The molecule has 1 aliphatic carbocycles. The van der Waals surface area contributed by atoms with Crippen molar-refractivity contribution in [3.05, 3.63) is 63.1 Å². The van der Waals surface area contributed by atoms with Gasteiger partial charge in [0.25, 0.3) is 0 Å². The Labute approximate surface area is 256 Å². The molecule has 2 aliphatic rings. The molecule has 1 aliphatic heterocycles. The van der Waals surface area contributed by atoms with Crippen molar-refractivity contribution < 1.29 is 27.6 Å². The van der Waals surface area contributed by atoms with Crippen LogP contribution in [0.25, 0.3) is 21.5 Å². The van der Waals surface area contributed by atoms with Crippen LogP contribution in [-0.4, -0.2) is 49.8 Å². The largest absolute Gasteiger partial charge is 0.388 e. The summed E-state index contributed by atoms with van der Waals surface area (Å²) in [5, 5.41) is 5.69. The molecule has 3 atom stereocenters. The van der Waals surface area contributed by atoms with E-state index in [2.05, 4.69) is 19.8 Å². The number of nitrogens with zero attached hydrogens (tertiary/aromatic N) is 3. The summed E-state index contributed by atoms with van der Waals surface area (Å²) in [6.45, 7) is 4.54. The van der Waals surface area contributed by atoms with Gasteiger partial charge < -0.3 is 18.9 Å². The molecule has 4 aromatic rings. The van der Waals surface area contributed by atoms with Crippen molar-refractivity contribution in [1.82, 2.24) is 10.1 Å². The van der Waals surface area contributed by atoms with Crippen LogP contribution >= 0.6 is 34.5 Å². The fourth-order valence-corrected chi connectivity index (χ4v) is 7.39. The Kier molecular flexibility index (Phi) is 9.20. The molecule has 12 heteroatoms. The third-order valence-electron chi connectivity index (χ3n) is 7.56. The van der Waals surface area contributed by atoms with Gasteiger partial charge in [0.1, 0.15) is 17.5 Å². The first-order chi connectivity index (χ1) is 20.0. The number of aldehydes is 1. The number of rotatable bonds is 7. The number of hydrogen-bond acceptors (Lipinski definition) is 8. The van der Waals surface area contributed by atoms with Crippen LogP contribution in [0.1, 0.15) is 48.4 Å². The summed E-state index contributed by atoms with van der Waals surface area (Å²) in [5.74, 6) is 0.412. The molecule has 7 nitrogen and oxygen atoms in total. The number of carbonyl (C=O) groups is 1. The fraction of sp³-hybridized carbons (Fsp3) is 0.433. The van der Waals surface area contributed by atoms with E-state index in [0.29, 0.717) is 60.8 Å². The van der Waals surface area contributed by atoms with Gasteiger partial charge in [-0.1, -0.05) is 45.8 Å². The van der Waals surface area contributed by atoms with E-state index < -0.39 is 11.5 Å². The van der Waals surface area contributed by atoms with Crippen molar-refractivity contribution in [1.29, 1.82) is 0 Å². The zero-order chi connectivity index (χ0) is 30.2. The van der Waals surface area contributed by atoms with Crippen molar-refractivity contribution in [2.75, 3.05) is 32.2 Å². The highest BCUT2D eigenvalue weighted by Gasteiger charge is 2.43. The van der Waals surface area contributed by atoms with E-state index in [1.807, 2.05) is 0 Å². The van der Waals surface area contributed by atoms with Gasteiger partial charge in [0.05, 0.1) is 33.0 Å². The van der Waals surface area contributed by atoms with Crippen LogP contribution in [0.15, 0.2) is 34.9 Å². The molecule has 1 unspecified atom stereocenters. The lowest BCUT2D eigenvalue weighted by molar-refractivity contribution is 0.0379. The Hall–Kier alpha value is -2.63. The van der Waals surface area contributed by atoms with Gasteiger partial charge in [-0.2, -0.15) is 0 Å². The molecule has 0 radical (unpaired) electrons. The van der Waals surface area contributed by atoms with E-state index in [1.54, 1.807) is 38.5 Å². The third kappa shape index (κ3) is 6.19. The van der Waals surface area contributed by atoms with Gasteiger partial charge in [0, 0.05) is 38.4 Å². The molecule has 2 aromatic heterocycles. The van der Waals surface area contributed by atoms with Gasteiger partial charge in [-0.3, -0.25) is 4.79 Å². The number of halogens is 4. The Bertz CT molecular complexity index is 1550. The maximum Gasteiger partial charge on any atom is 0.186 e. The maximum atomic E-state index is 15.0. The molecular formula is C30H31Cl2F2N3O4S. The maximum absolute atomic E-state index is 15.0. The predicted molar refractivity (Wildman–Crippen MR) is 161 cm³/mol. The van der Waals surface area contributed by atoms with Crippen molar-refractivity contribution >= 4 is 56.2 Å². The number of carbonyl (C=O) groups excluding carboxylic acids is 1. The summed E-state index contributed by atoms with van der Waals surface area (Å²) in [5.41, 5.74) is 0.214. The highest BCUT2D eigenvalue weighted by atomic mass is 35.5. The minimum absolute atomic E-state index is 0.00912. The molecule has 0 spiro atoms. The van der Waals surface area contributed by atoms with Crippen molar-refractivity contribution in [3.63, 3.8) is 0 Å². The highest BCUT2D eigenvalue weighted by molar-refractivity contribution is 7.22. The number of fused-ring (bicyclic) bond motifs is 2. The molecule has 42 heavy (non-hydrogen) atoms. The van der Waals surface area contributed by atoms with Crippen LogP contribution in [0.5, 0.6) is 0 Å². The first-order valence-electron chi connectivity index (χ1n) is 13.5. The molecule has 2 aromatic carbocycles. The monoisotopic (exact) mass is 637 g/mol. The Morgan fingerprint density at radius 1 is 1.17 bits per heavy atom. The SMILES string of the molecule is CC(C)(F)c1onc(-c2c(Cl)cccc2Cl)c1COC1C[C@@H]2CN(c3nc4c(F)cc(C=O)cc4s3)C[C@@H]2C1.COC. The summed E-state index contributed by atoms with van der Waals surface area (Å²) < 4.78 is 46.1. The van der Waals surface area contributed by atoms with Gasteiger partial charge in [0.15, 0.2) is 22.4 Å². The van der Waals surface area contributed by atoms with Gasteiger partial charge in [0.2, 0.25) is 0 Å². The van der Waals surface area contributed by atoms with Crippen LogP contribution in [-0.2, 0) is 21.7 Å². The Balaban J connectivity index is 0.00000113. The third-order valence-corrected chi connectivity index (χ3v) is 9.26. The quantitative estimate of drug-likeness (QED) is 0.189. The molecule has 0 amide bonds. The van der Waals surface area contributed by atoms with E-state index in [9.17, 15) is 9.18 Å². The van der Waals surface area contributed by atoms with Crippen molar-refractivity contribution in [2.24, 2.45) is 11.8 Å². The summed E-state index contributed by atoms with van der Waals surface area (Å²) in [4.78, 5) is 17.8. The van der Waals surface area contributed by atoms with Crippen LogP contribution in [0.2, 0.25) is 10.0 Å². The average Bonchev–Trinajstić information content (AvgIpc) is 3.69. The first kappa shape index (κ1) is 30.8. The zero-order valence-electron chi connectivity index (χ0n) is 23.6. The molecular weight excluding hydrogens is 607 g/mol. The smallest absolute Gasteiger partial charge is 0.186 e. The molecule has 0 bridgehead atoms.